The van der Waals surface area contributed by atoms with Crippen LogP contribution in [0.1, 0.15) is 6.42 Å². The molecule has 10 heteroatoms. The maximum atomic E-state index is 14.2. The van der Waals surface area contributed by atoms with Gasteiger partial charge in [-0.1, -0.05) is 39.7 Å². The number of fused-ring (bicyclic) bond motifs is 1. The zero-order valence-electron chi connectivity index (χ0n) is 19.5. The number of β-amino-alcohol motifs (C(OH)–C–C–N with tert-alkyl or cyclic N) is 1. The molecule has 3 unspecified atom stereocenters. The molecular formula is C25H29BrClN3O5. The molecule has 0 aromatic heterocycles. The van der Waals surface area contributed by atoms with Gasteiger partial charge >= 0.3 is 0 Å². The Morgan fingerprint density at radius 1 is 1.26 bits per heavy atom. The van der Waals surface area contributed by atoms with Gasteiger partial charge in [0.15, 0.2) is 0 Å². The molecule has 8 nitrogen and oxygen atoms in total. The first-order valence-corrected chi connectivity index (χ1v) is 12.8. The lowest BCUT2D eigenvalue weighted by Crippen LogP contribution is -2.57. The van der Waals surface area contributed by atoms with Crippen LogP contribution < -0.4 is 4.90 Å². The minimum absolute atomic E-state index is 0.0412. The number of aliphatic hydroxyl groups is 1. The van der Waals surface area contributed by atoms with E-state index < -0.39 is 29.6 Å². The number of anilines is 1. The molecule has 6 atom stereocenters. The molecule has 3 aliphatic rings. The normalized spacial score (nSPS) is 30.8. The molecule has 3 amide bonds. The highest BCUT2D eigenvalue weighted by Crippen LogP contribution is 2.60. The summed E-state index contributed by atoms with van der Waals surface area (Å²) in [7, 11) is 1.66. The topological polar surface area (TPSA) is 90.4 Å². The maximum Gasteiger partial charge on any atom is 0.253 e. The van der Waals surface area contributed by atoms with Crippen molar-refractivity contribution in [2.75, 3.05) is 38.2 Å². The Hall–Kier alpha value is -2.20. The second-order valence-corrected chi connectivity index (χ2v) is 10.8. The minimum Gasteiger partial charge on any atom is -0.395 e. The van der Waals surface area contributed by atoms with Crippen LogP contribution in [0.25, 0.3) is 0 Å². The highest BCUT2D eigenvalue weighted by Gasteiger charge is 2.76. The molecule has 1 N–H and O–H groups in total. The fraction of sp³-hybridized carbons (Fsp3) is 0.480. The molecular weight excluding hydrogens is 538 g/mol. The van der Waals surface area contributed by atoms with Crippen LogP contribution in [0.2, 0.25) is 5.02 Å². The molecule has 1 aromatic rings. The lowest BCUT2D eigenvalue weighted by atomic mass is 9.70. The molecule has 0 aliphatic carbocycles. The quantitative estimate of drug-likeness (QED) is 0.366. The second kappa shape index (κ2) is 10.0. The summed E-state index contributed by atoms with van der Waals surface area (Å²) in [5.41, 5.74) is -0.597. The Kier molecular flexibility index (Phi) is 7.43. The van der Waals surface area contributed by atoms with Crippen molar-refractivity contribution < 1.29 is 24.2 Å². The van der Waals surface area contributed by atoms with E-state index >= 15 is 0 Å². The van der Waals surface area contributed by atoms with Gasteiger partial charge in [-0.3, -0.25) is 14.4 Å². The minimum atomic E-state index is -1.19. The van der Waals surface area contributed by atoms with Gasteiger partial charge in [0.25, 0.3) is 5.91 Å². The van der Waals surface area contributed by atoms with Crippen molar-refractivity contribution in [2.45, 2.75) is 29.0 Å². The fourth-order valence-electron chi connectivity index (χ4n) is 5.80. The molecule has 1 aromatic carbocycles. The number of amides is 3. The standard InChI is InChI=1S/C25H29BrClN3O5/c1-4-10-28(3)22(32)18-19-23(33)30(12-13-31)21(25(19)14-17(26)20(18)35-25)24(34)29(11-5-2)16-8-6-15(27)7-9-16/h4-9,17-21,31H,1-2,10-14H2,3H3/t17?,18-,19+,20-,21?,25?/m1/s1. The lowest BCUT2D eigenvalue weighted by Gasteiger charge is -2.37. The van der Waals surface area contributed by atoms with Gasteiger partial charge in [-0.25, -0.2) is 0 Å². The van der Waals surface area contributed by atoms with Crippen LogP contribution in [0.5, 0.6) is 0 Å². The highest BCUT2D eigenvalue weighted by atomic mass is 79.9. The van der Waals surface area contributed by atoms with Crippen molar-refractivity contribution in [1.29, 1.82) is 0 Å². The van der Waals surface area contributed by atoms with Crippen LogP contribution in [-0.4, -0.2) is 88.5 Å². The number of nitrogens with zero attached hydrogens (tertiary/aromatic N) is 3. The molecule has 0 saturated carbocycles. The number of carbonyl (C=O) groups is 3. The van der Waals surface area contributed by atoms with Crippen molar-refractivity contribution in [3.8, 4) is 0 Å². The number of likely N-dealkylation sites (N-methyl/N-ethyl adjacent to an activating group) is 1. The number of benzene rings is 1. The number of alkyl halides is 1. The molecule has 3 aliphatic heterocycles. The molecule has 0 radical (unpaired) electrons. The lowest BCUT2D eigenvalue weighted by molar-refractivity contribution is -0.144. The summed E-state index contributed by atoms with van der Waals surface area (Å²) in [4.78, 5) is 45.6. The SMILES string of the molecule is C=CCN(C)C(=O)[C@H]1[C@@H]2OC3(CC2Br)C(C(=O)N(CC=C)c2ccc(Cl)cc2)N(CCO)C(=O)[C@H]13. The van der Waals surface area contributed by atoms with Crippen LogP contribution in [0.15, 0.2) is 49.6 Å². The molecule has 3 fully saturated rings. The smallest absolute Gasteiger partial charge is 0.253 e. The van der Waals surface area contributed by atoms with E-state index in [0.717, 1.165) is 0 Å². The van der Waals surface area contributed by atoms with E-state index in [1.54, 1.807) is 43.5 Å². The van der Waals surface area contributed by atoms with Gasteiger partial charge < -0.3 is 24.5 Å². The van der Waals surface area contributed by atoms with Gasteiger partial charge in [-0.15, -0.1) is 13.2 Å². The number of likely N-dealkylation sites (tertiary alicyclic amines) is 1. The van der Waals surface area contributed by atoms with Crippen LogP contribution >= 0.6 is 27.5 Å². The third kappa shape index (κ3) is 4.12. The van der Waals surface area contributed by atoms with Crippen LogP contribution in [-0.2, 0) is 19.1 Å². The summed E-state index contributed by atoms with van der Waals surface area (Å²) in [6, 6.07) is 5.81. The summed E-state index contributed by atoms with van der Waals surface area (Å²) in [5, 5.41) is 10.3. The van der Waals surface area contributed by atoms with Gasteiger partial charge in [0, 0.05) is 42.2 Å². The zero-order valence-corrected chi connectivity index (χ0v) is 21.8. The van der Waals surface area contributed by atoms with Crippen molar-refractivity contribution in [2.24, 2.45) is 11.8 Å². The predicted molar refractivity (Wildman–Crippen MR) is 136 cm³/mol. The molecule has 2 bridgehead atoms. The number of halogens is 2. The first kappa shape index (κ1) is 25.9. The molecule has 188 valence electrons. The van der Waals surface area contributed by atoms with E-state index in [4.69, 9.17) is 16.3 Å². The first-order chi connectivity index (χ1) is 16.7. The van der Waals surface area contributed by atoms with Crippen LogP contribution in [0.3, 0.4) is 0 Å². The van der Waals surface area contributed by atoms with Crippen molar-refractivity contribution in [3.05, 3.63) is 54.6 Å². The number of hydrogen-bond donors (Lipinski definition) is 1. The number of hydrogen-bond acceptors (Lipinski definition) is 5. The van der Waals surface area contributed by atoms with Crippen molar-refractivity contribution in [1.82, 2.24) is 9.80 Å². The highest BCUT2D eigenvalue weighted by molar-refractivity contribution is 9.09. The monoisotopic (exact) mass is 565 g/mol. The Labute approximate surface area is 218 Å². The van der Waals surface area contributed by atoms with Gasteiger partial charge in [0.2, 0.25) is 11.8 Å². The summed E-state index contributed by atoms with van der Waals surface area (Å²) in [6.07, 6.45) is 3.07. The van der Waals surface area contributed by atoms with E-state index in [1.165, 1.54) is 14.7 Å². The summed E-state index contributed by atoms with van der Waals surface area (Å²) in [6.45, 7) is 7.64. The third-order valence-corrected chi connectivity index (χ3v) is 8.24. The number of carbonyl (C=O) groups excluding carboxylic acids is 3. The Morgan fingerprint density at radius 3 is 2.51 bits per heavy atom. The molecule has 3 saturated heterocycles. The number of rotatable bonds is 9. The van der Waals surface area contributed by atoms with Gasteiger partial charge in [0.1, 0.15) is 11.6 Å². The van der Waals surface area contributed by atoms with Gasteiger partial charge in [-0.2, -0.15) is 0 Å². The van der Waals surface area contributed by atoms with E-state index in [0.29, 0.717) is 23.7 Å². The first-order valence-electron chi connectivity index (χ1n) is 11.5. The summed E-state index contributed by atoms with van der Waals surface area (Å²) < 4.78 is 6.46. The second-order valence-electron chi connectivity index (χ2n) is 9.14. The Morgan fingerprint density at radius 2 is 1.91 bits per heavy atom. The molecule has 1 spiro atoms. The maximum absolute atomic E-state index is 14.2. The van der Waals surface area contributed by atoms with Gasteiger partial charge in [0.05, 0.1) is 24.5 Å². The van der Waals surface area contributed by atoms with E-state index in [9.17, 15) is 19.5 Å². The van der Waals surface area contributed by atoms with Gasteiger partial charge in [-0.05, 0) is 30.7 Å². The van der Waals surface area contributed by atoms with Crippen molar-refractivity contribution >= 4 is 50.9 Å². The summed E-state index contributed by atoms with van der Waals surface area (Å²) >= 11 is 9.69. The van der Waals surface area contributed by atoms with Crippen molar-refractivity contribution in [3.63, 3.8) is 0 Å². The van der Waals surface area contributed by atoms with E-state index in [1.807, 2.05) is 0 Å². The van der Waals surface area contributed by atoms with Crippen LogP contribution in [0, 0.1) is 11.8 Å². The number of ether oxygens (including phenoxy) is 1. The zero-order chi connectivity index (χ0) is 25.5. The third-order valence-electron chi connectivity index (χ3n) is 7.14. The predicted octanol–water partition coefficient (Wildman–Crippen LogP) is 2.24. The fourth-order valence-corrected chi connectivity index (χ4v) is 6.87. The largest absolute Gasteiger partial charge is 0.395 e. The Balaban J connectivity index is 1.78. The average molecular weight is 567 g/mol. The molecule has 4 rings (SSSR count). The Bertz CT molecular complexity index is 1040. The average Bonchev–Trinajstić information content (AvgIpc) is 3.41. The number of aliphatic hydroxyl groups excluding tert-OH is 1. The molecule has 3 heterocycles. The van der Waals surface area contributed by atoms with E-state index in [-0.39, 0.29) is 42.2 Å². The van der Waals surface area contributed by atoms with Crippen LogP contribution in [0.4, 0.5) is 5.69 Å². The summed E-state index contributed by atoms with van der Waals surface area (Å²) in [5.74, 6) is -2.49. The van der Waals surface area contributed by atoms with E-state index in [2.05, 4.69) is 29.1 Å². The molecule has 35 heavy (non-hydrogen) atoms.